The van der Waals surface area contributed by atoms with E-state index in [0.717, 1.165) is 61.9 Å². The van der Waals surface area contributed by atoms with Crippen molar-refractivity contribution in [3.8, 4) is 0 Å². The summed E-state index contributed by atoms with van der Waals surface area (Å²) in [6.07, 6.45) is 9.00. The average molecular weight is 453 g/mol. The SMILES string of the molecule is Cc1ccc(CNC(=S)N[C@H]2CC[C@@H](Nc3nc4c(c(N(C)C)n3)CCCC4)CC2)cc1. The Labute approximate surface area is 197 Å². The normalized spacial score (nSPS) is 20.2. The lowest BCUT2D eigenvalue weighted by molar-refractivity contribution is 0.385. The summed E-state index contributed by atoms with van der Waals surface area (Å²) >= 11 is 5.53. The molecule has 0 unspecified atom stereocenters. The second-order valence-corrected chi connectivity index (χ2v) is 9.81. The highest BCUT2D eigenvalue weighted by Gasteiger charge is 2.24. The fourth-order valence-corrected chi connectivity index (χ4v) is 4.94. The largest absolute Gasteiger partial charge is 0.362 e. The van der Waals surface area contributed by atoms with Crippen molar-refractivity contribution in [2.45, 2.75) is 76.9 Å². The third-order valence-electron chi connectivity index (χ3n) is 6.55. The summed E-state index contributed by atoms with van der Waals surface area (Å²) in [5.74, 6) is 1.87. The van der Waals surface area contributed by atoms with Gasteiger partial charge in [0.25, 0.3) is 0 Å². The lowest BCUT2D eigenvalue weighted by Gasteiger charge is -2.31. The van der Waals surface area contributed by atoms with Gasteiger partial charge in [-0.2, -0.15) is 4.98 Å². The Morgan fingerprint density at radius 1 is 1.00 bits per heavy atom. The van der Waals surface area contributed by atoms with Gasteiger partial charge < -0.3 is 20.9 Å². The van der Waals surface area contributed by atoms with E-state index in [9.17, 15) is 0 Å². The zero-order valence-corrected chi connectivity index (χ0v) is 20.4. The molecule has 3 N–H and O–H groups in total. The fourth-order valence-electron chi connectivity index (χ4n) is 4.70. The molecule has 0 amide bonds. The molecular formula is C25H36N6S. The maximum atomic E-state index is 5.53. The number of rotatable bonds is 6. The van der Waals surface area contributed by atoms with E-state index in [4.69, 9.17) is 22.2 Å². The third-order valence-corrected chi connectivity index (χ3v) is 6.82. The molecule has 2 aliphatic rings. The molecule has 32 heavy (non-hydrogen) atoms. The summed E-state index contributed by atoms with van der Waals surface area (Å²) in [5, 5.41) is 11.2. The number of hydrogen-bond acceptors (Lipinski definition) is 5. The van der Waals surface area contributed by atoms with E-state index < -0.39 is 0 Å². The molecule has 0 bridgehead atoms. The van der Waals surface area contributed by atoms with Crippen LogP contribution in [0, 0.1) is 6.92 Å². The Bertz CT molecular complexity index is 919. The van der Waals surface area contributed by atoms with Gasteiger partial charge in [-0.15, -0.1) is 0 Å². The number of anilines is 2. The minimum atomic E-state index is 0.416. The molecule has 1 saturated carbocycles. The van der Waals surface area contributed by atoms with Crippen molar-refractivity contribution in [1.29, 1.82) is 0 Å². The molecular weight excluding hydrogens is 416 g/mol. The number of aromatic nitrogens is 2. The molecule has 172 valence electrons. The predicted octanol–water partition coefficient (Wildman–Crippen LogP) is 4.12. The molecule has 2 aromatic rings. The predicted molar refractivity (Wildman–Crippen MR) is 136 cm³/mol. The molecule has 0 radical (unpaired) electrons. The maximum Gasteiger partial charge on any atom is 0.225 e. The van der Waals surface area contributed by atoms with E-state index in [1.165, 1.54) is 35.2 Å². The molecule has 1 heterocycles. The van der Waals surface area contributed by atoms with Crippen LogP contribution in [0.3, 0.4) is 0 Å². The summed E-state index contributed by atoms with van der Waals surface area (Å²) < 4.78 is 0. The fraction of sp³-hybridized carbons (Fsp3) is 0.560. The van der Waals surface area contributed by atoms with Crippen molar-refractivity contribution in [3.63, 3.8) is 0 Å². The van der Waals surface area contributed by atoms with Crippen LogP contribution in [0.2, 0.25) is 0 Å². The molecule has 1 aromatic carbocycles. The number of nitrogens with one attached hydrogen (secondary N) is 3. The number of thiocarbonyl (C=S) groups is 1. The van der Waals surface area contributed by atoms with Crippen LogP contribution in [0.4, 0.5) is 11.8 Å². The first kappa shape index (κ1) is 22.8. The van der Waals surface area contributed by atoms with Crippen LogP contribution in [0.25, 0.3) is 0 Å². The summed E-state index contributed by atoms with van der Waals surface area (Å²) in [5.41, 5.74) is 5.09. The van der Waals surface area contributed by atoms with Gasteiger partial charge in [0.2, 0.25) is 5.95 Å². The summed E-state index contributed by atoms with van der Waals surface area (Å²) in [4.78, 5) is 11.9. The first-order chi connectivity index (χ1) is 15.5. The number of aryl methyl sites for hydroxylation is 2. The van der Waals surface area contributed by atoms with Crippen molar-refractivity contribution < 1.29 is 0 Å². The first-order valence-electron chi connectivity index (χ1n) is 11.9. The molecule has 1 fully saturated rings. The number of hydrogen-bond donors (Lipinski definition) is 3. The molecule has 0 spiro atoms. The second-order valence-electron chi connectivity index (χ2n) is 9.40. The zero-order valence-electron chi connectivity index (χ0n) is 19.6. The Morgan fingerprint density at radius 2 is 1.69 bits per heavy atom. The van der Waals surface area contributed by atoms with Gasteiger partial charge in [0.1, 0.15) is 5.82 Å². The molecule has 0 aliphatic heterocycles. The van der Waals surface area contributed by atoms with Crippen LogP contribution in [-0.4, -0.2) is 41.3 Å². The van der Waals surface area contributed by atoms with Gasteiger partial charge in [-0.05, 0) is 76.1 Å². The monoisotopic (exact) mass is 452 g/mol. The van der Waals surface area contributed by atoms with Gasteiger partial charge in [0.05, 0.1) is 5.69 Å². The number of benzene rings is 1. The van der Waals surface area contributed by atoms with Gasteiger partial charge >= 0.3 is 0 Å². The van der Waals surface area contributed by atoms with E-state index in [0.29, 0.717) is 12.1 Å². The van der Waals surface area contributed by atoms with Gasteiger partial charge in [-0.3, -0.25) is 0 Å². The first-order valence-corrected chi connectivity index (χ1v) is 12.3. The van der Waals surface area contributed by atoms with E-state index in [1.54, 1.807) is 0 Å². The molecule has 1 aromatic heterocycles. The lowest BCUT2D eigenvalue weighted by Crippen LogP contribution is -2.44. The van der Waals surface area contributed by atoms with E-state index in [2.05, 4.69) is 66.1 Å². The van der Waals surface area contributed by atoms with Gasteiger partial charge in [0, 0.05) is 38.3 Å². The van der Waals surface area contributed by atoms with Crippen LogP contribution in [0.15, 0.2) is 24.3 Å². The van der Waals surface area contributed by atoms with E-state index >= 15 is 0 Å². The minimum Gasteiger partial charge on any atom is -0.362 e. The highest BCUT2D eigenvalue weighted by Crippen LogP contribution is 2.29. The van der Waals surface area contributed by atoms with Crippen molar-refractivity contribution >= 4 is 29.1 Å². The molecule has 6 nitrogen and oxygen atoms in total. The van der Waals surface area contributed by atoms with Gasteiger partial charge in [0.15, 0.2) is 5.11 Å². The van der Waals surface area contributed by atoms with E-state index in [1.807, 2.05) is 0 Å². The minimum absolute atomic E-state index is 0.416. The Hall–Kier alpha value is -2.41. The van der Waals surface area contributed by atoms with E-state index in [-0.39, 0.29) is 0 Å². The van der Waals surface area contributed by atoms with Crippen LogP contribution >= 0.6 is 12.2 Å². The molecule has 0 atom stereocenters. The highest BCUT2D eigenvalue weighted by atomic mass is 32.1. The zero-order chi connectivity index (χ0) is 22.5. The molecule has 0 saturated heterocycles. The van der Waals surface area contributed by atoms with Crippen LogP contribution < -0.4 is 20.9 Å². The summed E-state index contributed by atoms with van der Waals surface area (Å²) in [6, 6.07) is 9.40. The number of nitrogens with zero attached hydrogens (tertiary/aromatic N) is 3. The van der Waals surface area contributed by atoms with Crippen LogP contribution in [-0.2, 0) is 19.4 Å². The quantitative estimate of drug-likeness (QED) is 0.570. The summed E-state index contributed by atoms with van der Waals surface area (Å²) in [6.45, 7) is 2.86. The van der Waals surface area contributed by atoms with Crippen molar-refractivity contribution in [3.05, 3.63) is 46.6 Å². The average Bonchev–Trinajstić information content (AvgIpc) is 2.79. The topological polar surface area (TPSA) is 65.1 Å². The lowest BCUT2D eigenvalue weighted by atomic mass is 9.91. The smallest absolute Gasteiger partial charge is 0.225 e. The molecule has 2 aliphatic carbocycles. The van der Waals surface area contributed by atoms with Gasteiger partial charge in [-0.1, -0.05) is 29.8 Å². The van der Waals surface area contributed by atoms with Crippen molar-refractivity contribution in [1.82, 2.24) is 20.6 Å². The van der Waals surface area contributed by atoms with Crippen molar-refractivity contribution in [2.75, 3.05) is 24.3 Å². The standard InChI is InChI=1S/C25H36N6S/c1-17-8-10-18(11-9-17)16-26-25(32)28-20-14-12-19(13-15-20)27-24-29-22-7-5-4-6-21(22)23(30-24)31(2)3/h8-11,19-20H,4-7,12-16H2,1-3H3,(H2,26,28,32)(H,27,29,30)/t19-,20+. The van der Waals surface area contributed by atoms with Gasteiger partial charge in [-0.25, -0.2) is 4.98 Å². The Balaban J connectivity index is 1.25. The molecule has 7 heteroatoms. The van der Waals surface area contributed by atoms with Crippen LogP contribution in [0.1, 0.15) is 60.9 Å². The van der Waals surface area contributed by atoms with Crippen LogP contribution in [0.5, 0.6) is 0 Å². The molecule has 4 rings (SSSR count). The second kappa shape index (κ2) is 10.5. The number of fused-ring (bicyclic) bond motifs is 1. The maximum absolute atomic E-state index is 5.53. The van der Waals surface area contributed by atoms with Crippen molar-refractivity contribution in [2.24, 2.45) is 0 Å². The Morgan fingerprint density at radius 3 is 2.41 bits per heavy atom. The highest BCUT2D eigenvalue weighted by molar-refractivity contribution is 7.80. The third kappa shape index (κ3) is 5.88. The summed E-state index contributed by atoms with van der Waals surface area (Å²) in [7, 11) is 4.15. The Kier molecular flexibility index (Phi) is 7.45.